The number of ether oxygens (including phenoxy) is 1. The summed E-state index contributed by atoms with van der Waals surface area (Å²) in [5.74, 6) is -0.544. The van der Waals surface area contributed by atoms with E-state index in [4.69, 9.17) is 4.74 Å². The van der Waals surface area contributed by atoms with Gasteiger partial charge in [-0.3, -0.25) is 4.90 Å². The van der Waals surface area contributed by atoms with Crippen LogP contribution in [0.5, 0.6) is 0 Å². The molecule has 3 atom stereocenters. The topological polar surface area (TPSA) is 49.8 Å². The second-order valence-corrected chi connectivity index (χ2v) is 10.4. The van der Waals surface area contributed by atoms with Gasteiger partial charge < -0.3 is 9.84 Å². The fourth-order valence-electron chi connectivity index (χ4n) is 4.76. The fourth-order valence-corrected chi connectivity index (χ4v) is 6.47. The smallest absolute Gasteiger partial charge is 0.349 e. The molecule has 4 heterocycles. The van der Waals surface area contributed by atoms with Crippen molar-refractivity contribution >= 4 is 41.0 Å². The first-order valence-corrected chi connectivity index (χ1v) is 11.3. The maximum atomic E-state index is 13.2. The first-order chi connectivity index (χ1) is 12.8. The molecular formula is C21H28ClNO3S2. The van der Waals surface area contributed by atoms with E-state index in [1.54, 1.807) is 12.1 Å². The molecule has 2 saturated heterocycles. The third kappa shape index (κ3) is 3.65. The molecule has 0 aromatic carbocycles. The van der Waals surface area contributed by atoms with E-state index in [0.717, 1.165) is 19.3 Å². The summed E-state index contributed by atoms with van der Waals surface area (Å²) in [7, 11) is 2.20. The van der Waals surface area contributed by atoms with Crippen LogP contribution in [0.3, 0.4) is 0 Å². The maximum Gasteiger partial charge on any atom is 0.349 e. The normalized spacial score (nSPS) is 27.1. The first kappa shape index (κ1) is 21.8. The van der Waals surface area contributed by atoms with Gasteiger partial charge in [0.1, 0.15) is 6.10 Å². The summed E-state index contributed by atoms with van der Waals surface area (Å²) in [5, 5.41) is 15.2. The third-order valence-corrected chi connectivity index (χ3v) is 8.39. The molecule has 4 rings (SSSR count). The van der Waals surface area contributed by atoms with Crippen LogP contribution in [-0.2, 0) is 15.1 Å². The monoisotopic (exact) mass is 441 g/mol. The number of hydrogen-bond donors (Lipinski definition) is 1. The van der Waals surface area contributed by atoms with Crippen molar-refractivity contribution in [2.75, 3.05) is 7.05 Å². The summed E-state index contributed by atoms with van der Waals surface area (Å²) < 4.78 is 5.98. The fraction of sp³-hybridized carbons (Fsp3) is 0.571. The van der Waals surface area contributed by atoms with E-state index in [9.17, 15) is 9.90 Å². The average Bonchev–Trinajstić information content (AvgIpc) is 3.33. The van der Waals surface area contributed by atoms with Gasteiger partial charge in [0.05, 0.1) is 9.75 Å². The Kier molecular flexibility index (Phi) is 6.28. The largest absolute Gasteiger partial charge is 0.460 e. The summed E-state index contributed by atoms with van der Waals surface area (Å²) in [4.78, 5) is 16.9. The van der Waals surface area contributed by atoms with E-state index >= 15 is 0 Å². The van der Waals surface area contributed by atoms with Crippen molar-refractivity contribution in [3.63, 3.8) is 0 Å². The second-order valence-electron chi connectivity index (χ2n) is 8.53. The number of aliphatic hydroxyl groups is 1. The molecule has 0 amide bonds. The lowest BCUT2D eigenvalue weighted by Gasteiger charge is -2.54. The molecule has 7 heteroatoms. The average molecular weight is 442 g/mol. The second kappa shape index (κ2) is 8.07. The number of rotatable bonds is 4. The number of hydrogen-bond acceptors (Lipinski definition) is 6. The van der Waals surface area contributed by atoms with Crippen molar-refractivity contribution < 1.29 is 14.6 Å². The van der Waals surface area contributed by atoms with Crippen LogP contribution in [0.4, 0.5) is 0 Å². The number of carbonyl (C=O) groups excluding carboxylic acids is 1. The van der Waals surface area contributed by atoms with Crippen molar-refractivity contribution in [2.45, 2.75) is 63.3 Å². The van der Waals surface area contributed by atoms with Gasteiger partial charge in [0.2, 0.25) is 5.60 Å². The molecule has 0 radical (unpaired) electrons. The van der Waals surface area contributed by atoms with Gasteiger partial charge in [-0.15, -0.1) is 35.1 Å². The SMILES string of the molecule is CN1C2CCC(C)(C)C1C[C@H](OC(=O)C(O)(c1cccs1)c1cccs1)C2.Cl. The predicted octanol–water partition coefficient (Wildman–Crippen LogP) is 4.66. The number of esters is 1. The number of halogens is 1. The van der Waals surface area contributed by atoms with Gasteiger partial charge in [-0.1, -0.05) is 26.0 Å². The summed E-state index contributed by atoms with van der Waals surface area (Å²) in [6.45, 7) is 4.62. The van der Waals surface area contributed by atoms with E-state index < -0.39 is 11.6 Å². The predicted molar refractivity (Wildman–Crippen MR) is 116 cm³/mol. The van der Waals surface area contributed by atoms with Gasteiger partial charge in [0.25, 0.3) is 0 Å². The van der Waals surface area contributed by atoms with Crippen LogP contribution in [-0.4, -0.2) is 41.2 Å². The summed E-state index contributed by atoms with van der Waals surface area (Å²) in [5.41, 5.74) is -1.50. The Morgan fingerprint density at radius 2 is 1.82 bits per heavy atom. The van der Waals surface area contributed by atoms with E-state index in [0.29, 0.717) is 21.8 Å². The third-order valence-electron chi connectivity index (χ3n) is 6.44. The Balaban J connectivity index is 0.00000225. The molecule has 2 aliphatic heterocycles. The molecule has 2 fully saturated rings. The van der Waals surface area contributed by atoms with Crippen LogP contribution in [0, 0.1) is 5.41 Å². The maximum absolute atomic E-state index is 13.2. The molecule has 1 N–H and O–H groups in total. The Bertz CT molecular complexity index is 756. The van der Waals surface area contributed by atoms with E-state index in [-0.39, 0.29) is 23.9 Å². The standard InChI is InChI=1S/C21H27NO3S2.ClH/c1-20(2)9-8-14-12-15(13-16(20)22(14)3)25-19(23)21(24,17-6-4-10-26-17)18-7-5-11-27-18;/h4-7,10-11,14-16,24H,8-9,12-13H2,1-3H3;1H/t14?,15-,16?;/m1./s1. The van der Waals surface area contributed by atoms with Gasteiger partial charge in [-0.25, -0.2) is 4.79 Å². The highest BCUT2D eigenvalue weighted by atomic mass is 35.5. The van der Waals surface area contributed by atoms with Crippen LogP contribution in [0.2, 0.25) is 0 Å². The number of fused-ring (bicyclic) bond motifs is 2. The lowest BCUT2D eigenvalue weighted by Crippen LogP contribution is -2.59. The van der Waals surface area contributed by atoms with Gasteiger partial charge in [-0.2, -0.15) is 0 Å². The molecule has 2 aromatic heterocycles. The zero-order valence-electron chi connectivity index (χ0n) is 16.5. The van der Waals surface area contributed by atoms with Gasteiger partial charge in [-0.05, 0) is 54.6 Å². The Labute approximate surface area is 180 Å². The van der Waals surface area contributed by atoms with Crippen LogP contribution >= 0.6 is 35.1 Å². The Morgan fingerprint density at radius 1 is 1.21 bits per heavy atom. The van der Waals surface area contributed by atoms with Crippen LogP contribution in [0.15, 0.2) is 35.0 Å². The van der Waals surface area contributed by atoms with Crippen molar-refractivity contribution in [2.24, 2.45) is 5.41 Å². The summed E-state index contributed by atoms with van der Waals surface area (Å²) in [6.07, 6.45) is 3.88. The molecule has 0 spiro atoms. The highest BCUT2D eigenvalue weighted by Crippen LogP contribution is 2.45. The number of nitrogens with zero attached hydrogens (tertiary/aromatic N) is 1. The molecule has 2 bridgehead atoms. The van der Waals surface area contributed by atoms with E-state index in [1.807, 2.05) is 22.9 Å². The van der Waals surface area contributed by atoms with Crippen LogP contribution in [0.25, 0.3) is 0 Å². The Morgan fingerprint density at radius 3 is 2.36 bits per heavy atom. The molecule has 2 unspecified atom stereocenters. The number of carbonyl (C=O) groups is 1. The molecule has 154 valence electrons. The van der Waals surface area contributed by atoms with Crippen molar-refractivity contribution in [3.05, 3.63) is 44.8 Å². The minimum atomic E-state index is -1.71. The first-order valence-electron chi connectivity index (χ1n) is 9.55. The van der Waals surface area contributed by atoms with E-state index in [2.05, 4.69) is 25.8 Å². The minimum Gasteiger partial charge on any atom is -0.460 e. The zero-order valence-corrected chi connectivity index (χ0v) is 18.9. The summed E-state index contributed by atoms with van der Waals surface area (Å²) in [6, 6.07) is 8.17. The zero-order chi connectivity index (χ0) is 19.2. The lowest BCUT2D eigenvalue weighted by molar-refractivity contribution is -0.175. The van der Waals surface area contributed by atoms with Crippen molar-refractivity contribution in [1.82, 2.24) is 4.90 Å². The highest BCUT2D eigenvalue weighted by molar-refractivity contribution is 7.12. The van der Waals surface area contributed by atoms with Crippen molar-refractivity contribution in [3.8, 4) is 0 Å². The molecule has 2 aromatic rings. The van der Waals surface area contributed by atoms with Gasteiger partial charge >= 0.3 is 5.97 Å². The highest BCUT2D eigenvalue weighted by Gasteiger charge is 2.49. The van der Waals surface area contributed by atoms with E-state index in [1.165, 1.54) is 29.1 Å². The van der Waals surface area contributed by atoms with Crippen LogP contribution in [0.1, 0.15) is 49.3 Å². The van der Waals surface area contributed by atoms with Crippen LogP contribution < -0.4 is 0 Å². The molecule has 0 saturated carbocycles. The lowest BCUT2D eigenvalue weighted by atomic mass is 9.68. The molecule has 0 aliphatic carbocycles. The van der Waals surface area contributed by atoms with Gasteiger partial charge in [0, 0.05) is 18.5 Å². The Hall–Kier alpha value is -0.920. The minimum absolute atomic E-state index is 0. The number of piperidine rings is 2. The quantitative estimate of drug-likeness (QED) is 0.701. The summed E-state index contributed by atoms with van der Waals surface area (Å²) >= 11 is 2.77. The number of thiophene rings is 2. The molecule has 28 heavy (non-hydrogen) atoms. The van der Waals surface area contributed by atoms with Gasteiger partial charge in [0.15, 0.2) is 0 Å². The van der Waals surface area contributed by atoms with Crippen molar-refractivity contribution in [1.29, 1.82) is 0 Å². The molecule has 2 aliphatic rings. The molecule has 4 nitrogen and oxygen atoms in total. The molecular weight excluding hydrogens is 414 g/mol.